The molecule has 2 heteroatoms. The van der Waals surface area contributed by atoms with Crippen LogP contribution in [-0.2, 0) is 0 Å². The summed E-state index contributed by atoms with van der Waals surface area (Å²) in [4.78, 5) is 2.64. The Morgan fingerprint density at radius 1 is 1.07 bits per heavy atom. The van der Waals surface area contributed by atoms with E-state index in [1.54, 1.807) is 0 Å². The topological polar surface area (TPSA) is 26.0 Å². The quantitative estimate of drug-likeness (QED) is 0.720. The SMILES string of the molecule is Cc1ccc(N)c(-c2sc(C)cc2C)c1. The van der Waals surface area contributed by atoms with Gasteiger partial charge in [-0.05, 0) is 44.5 Å². The van der Waals surface area contributed by atoms with Crippen molar-refractivity contribution in [2.45, 2.75) is 20.8 Å². The minimum absolute atomic E-state index is 0.866. The van der Waals surface area contributed by atoms with Crippen molar-refractivity contribution >= 4 is 17.0 Å². The van der Waals surface area contributed by atoms with E-state index in [4.69, 9.17) is 5.73 Å². The van der Waals surface area contributed by atoms with Gasteiger partial charge in [-0.3, -0.25) is 0 Å². The van der Waals surface area contributed by atoms with Gasteiger partial charge in [0, 0.05) is 21.0 Å². The van der Waals surface area contributed by atoms with Crippen LogP contribution in [0.4, 0.5) is 5.69 Å². The first-order chi connectivity index (χ1) is 7.08. The van der Waals surface area contributed by atoms with Gasteiger partial charge >= 0.3 is 0 Å². The van der Waals surface area contributed by atoms with Crippen molar-refractivity contribution < 1.29 is 0 Å². The molecule has 0 aliphatic carbocycles. The predicted molar refractivity (Wildman–Crippen MR) is 68.4 cm³/mol. The molecule has 1 nitrogen and oxygen atoms in total. The third-order valence-corrected chi connectivity index (χ3v) is 3.68. The molecule has 0 saturated heterocycles. The van der Waals surface area contributed by atoms with E-state index in [9.17, 15) is 0 Å². The molecular weight excluding hydrogens is 202 g/mol. The fraction of sp³-hybridized carbons (Fsp3) is 0.231. The van der Waals surface area contributed by atoms with E-state index in [1.165, 1.54) is 26.4 Å². The molecule has 0 aliphatic rings. The predicted octanol–water partition coefficient (Wildman–Crippen LogP) is 3.92. The molecule has 1 aromatic carbocycles. The molecule has 78 valence electrons. The van der Waals surface area contributed by atoms with E-state index < -0.39 is 0 Å². The lowest BCUT2D eigenvalue weighted by atomic mass is 10.1. The number of hydrogen-bond donors (Lipinski definition) is 1. The van der Waals surface area contributed by atoms with E-state index in [0.29, 0.717) is 0 Å². The number of rotatable bonds is 1. The lowest BCUT2D eigenvalue weighted by Gasteiger charge is -2.05. The second-order valence-corrected chi connectivity index (χ2v) is 5.22. The second kappa shape index (κ2) is 3.70. The Bertz CT molecular complexity index is 497. The maximum atomic E-state index is 6.01. The number of nitrogen functional groups attached to an aromatic ring is 1. The van der Waals surface area contributed by atoms with Crippen LogP contribution in [-0.4, -0.2) is 0 Å². The molecule has 0 spiro atoms. The first kappa shape index (κ1) is 10.2. The fourth-order valence-electron chi connectivity index (χ4n) is 1.78. The first-order valence-corrected chi connectivity index (χ1v) is 5.83. The lowest BCUT2D eigenvalue weighted by molar-refractivity contribution is 1.46. The van der Waals surface area contributed by atoms with E-state index in [0.717, 1.165) is 5.69 Å². The zero-order valence-corrected chi connectivity index (χ0v) is 10.1. The van der Waals surface area contributed by atoms with Crippen LogP contribution in [0.2, 0.25) is 0 Å². The highest BCUT2D eigenvalue weighted by Gasteiger charge is 2.08. The van der Waals surface area contributed by atoms with Crippen LogP contribution in [0.5, 0.6) is 0 Å². The minimum atomic E-state index is 0.866. The number of anilines is 1. The number of thiophene rings is 1. The van der Waals surface area contributed by atoms with Crippen molar-refractivity contribution in [3.8, 4) is 10.4 Å². The second-order valence-electron chi connectivity index (χ2n) is 3.96. The Hall–Kier alpha value is -1.28. The Morgan fingerprint density at radius 3 is 2.40 bits per heavy atom. The Labute approximate surface area is 94.6 Å². The molecule has 0 radical (unpaired) electrons. The highest BCUT2D eigenvalue weighted by molar-refractivity contribution is 7.15. The summed E-state index contributed by atoms with van der Waals surface area (Å²) in [5, 5.41) is 0. The third kappa shape index (κ3) is 1.90. The van der Waals surface area contributed by atoms with Crippen molar-refractivity contribution in [1.29, 1.82) is 0 Å². The van der Waals surface area contributed by atoms with E-state index in [1.807, 2.05) is 17.4 Å². The normalized spacial score (nSPS) is 10.6. The Morgan fingerprint density at radius 2 is 1.80 bits per heavy atom. The molecule has 0 aliphatic heterocycles. The highest BCUT2D eigenvalue weighted by atomic mass is 32.1. The summed E-state index contributed by atoms with van der Waals surface area (Å²) in [6.45, 7) is 6.37. The van der Waals surface area contributed by atoms with Crippen LogP contribution in [0.1, 0.15) is 16.0 Å². The smallest absolute Gasteiger partial charge is 0.0402 e. The number of benzene rings is 1. The molecule has 2 N–H and O–H groups in total. The van der Waals surface area contributed by atoms with Crippen LogP contribution >= 0.6 is 11.3 Å². The molecular formula is C13H15NS. The van der Waals surface area contributed by atoms with Gasteiger partial charge in [-0.1, -0.05) is 11.6 Å². The van der Waals surface area contributed by atoms with Crippen molar-refractivity contribution in [2.24, 2.45) is 0 Å². The summed E-state index contributed by atoms with van der Waals surface area (Å²) in [6.07, 6.45) is 0. The molecule has 0 fully saturated rings. The van der Waals surface area contributed by atoms with E-state index in [-0.39, 0.29) is 0 Å². The Kier molecular flexibility index (Phi) is 2.53. The van der Waals surface area contributed by atoms with Gasteiger partial charge in [0.2, 0.25) is 0 Å². The standard InChI is InChI=1S/C13H15NS/c1-8-4-5-12(14)11(6-8)13-9(2)7-10(3)15-13/h4-7H,14H2,1-3H3. The molecule has 2 aromatic rings. The number of hydrogen-bond acceptors (Lipinski definition) is 2. The van der Waals surface area contributed by atoms with Gasteiger partial charge < -0.3 is 5.73 Å². The van der Waals surface area contributed by atoms with Gasteiger partial charge in [0.05, 0.1) is 0 Å². The van der Waals surface area contributed by atoms with Gasteiger partial charge in [0.1, 0.15) is 0 Å². The Balaban J connectivity index is 2.62. The number of aryl methyl sites for hydroxylation is 3. The number of nitrogens with two attached hydrogens (primary N) is 1. The largest absolute Gasteiger partial charge is 0.398 e. The summed E-state index contributed by atoms with van der Waals surface area (Å²) in [6, 6.07) is 8.41. The third-order valence-electron chi connectivity index (χ3n) is 2.49. The molecule has 0 atom stereocenters. The molecule has 1 aromatic heterocycles. The monoisotopic (exact) mass is 217 g/mol. The van der Waals surface area contributed by atoms with Gasteiger partial charge in [0.15, 0.2) is 0 Å². The molecule has 15 heavy (non-hydrogen) atoms. The molecule has 1 heterocycles. The fourth-order valence-corrected chi connectivity index (χ4v) is 2.84. The van der Waals surface area contributed by atoms with Gasteiger partial charge in [-0.25, -0.2) is 0 Å². The maximum Gasteiger partial charge on any atom is 0.0402 e. The van der Waals surface area contributed by atoms with Gasteiger partial charge in [-0.2, -0.15) is 0 Å². The van der Waals surface area contributed by atoms with Crippen molar-refractivity contribution in [3.63, 3.8) is 0 Å². The van der Waals surface area contributed by atoms with Crippen LogP contribution in [0.3, 0.4) is 0 Å². The zero-order valence-electron chi connectivity index (χ0n) is 9.29. The minimum Gasteiger partial charge on any atom is -0.398 e. The van der Waals surface area contributed by atoms with Crippen molar-refractivity contribution in [3.05, 3.63) is 40.3 Å². The highest BCUT2D eigenvalue weighted by Crippen LogP contribution is 2.35. The van der Waals surface area contributed by atoms with Crippen LogP contribution in [0.15, 0.2) is 24.3 Å². The summed E-state index contributed by atoms with van der Waals surface area (Å²) in [5.41, 5.74) is 10.6. The average molecular weight is 217 g/mol. The molecule has 0 unspecified atom stereocenters. The molecule has 2 rings (SSSR count). The molecule has 0 amide bonds. The van der Waals surface area contributed by atoms with Gasteiger partial charge in [-0.15, -0.1) is 11.3 Å². The van der Waals surface area contributed by atoms with Crippen LogP contribution in [0.25, 0.3) is 10.4 Å². The molecule has 0 saturated carbocycles. The molecule has 0 bridgehead atoms. The summed E-state index contributed by atoms with van der Waals surface area (Å²) >= 11 is 1.81. The average Bonchev–Trinajstić information content (AvgIpc) is 2.50. The van der Waals surface area contributed by atoms with Crippen molar-refractivity contribution in [2.75, 3.05) is 5.73 Å². The van der Waals surface area contributed by atoms with Crippen LogP contribution in [0, 0.1) is 20.8 Å². The zero-order chi connectivity index (χ0) is 11.0. The summed E-state index contributed by atoms with van der Waals surface area (Å²) in [7, 11) is 0. The summed E-state index contributed by atoms with van der Waals surface area (Å²) in [5.74, 6) is 0. The first-order valence-electron chi connectivity index (χ1n) is 5.01. The van der Waals surface area contributed by atoms with E-state index in [2.05, 4.69) is 39.0 Å². The maximum absolute atomic E-state index is 6.01. The summed E-state index contributed by atoms with van der Waals surface area (Å²) < 4.78 is 0. The van der Waals surface area contributed by atoms with Gasteiger partial charge in [0.25, 0.3) is 0 Å². The van der Waals surface area contributed by atoms with Crippen LogP contribution < -0.4 is 5.73 Å². The van der Waals surface area contributed by atoms with Crippen molar-refractivity contribution in [1.82, 2.24) is 0 Å². The van der Waals surface area contributed by atoms with E-state index >= 15 is 0 Å². The lowest BCUT2D eigenvalue weighted by Crippen LogP contribution is -1.89.